The van der Waals surface area contributed by atoms with Crippen molar-refractivity contribution < 1.29 is 66.4 Å². The standard InChI is InChI=1S/C52H61NO14/c1-35(54)53-48-46(63-30-37-10-20-42(57-3)21-11-37)28-52(51(55)61-7,66-33-40-16-26-45(60-6)27-17-40)67-50(48)49(65-32-39-14-24-44(59-5)25-15-39)47(64-31-38-12-22-43(58-4)23-13-38)34-62-29-36-8-18-41(56-2)19-9-36/h8-27,46-50H,28-34H2,1-7H3,(H,53,54)/t46-,47+,48+,49+,50+,52-/m0/s1. The van der Waals surface area contributed by atoms with Crippen LogP contribution in [0.1, 0.15) is 41.2 Å². The number of hydrogen-bond acceptors (Lipinski definition) is 14. The lowest BCUT2D eigenvalue weighted by Gasteiger charge is -2.49. The molecule has 0 spiro atoms. The SMILES string of the molecule is COC(=O)[C@]1(OCc2ccc(OC)cc2)C[C@H](OCc2ccc(OC)cc2)[C@@H](NC(C)=O)[C@H]([C@H](OCc2ccc(OC)cc2)[C@@H](COCc2ccc(OC)cc2)OCc2ccc(OC)cc2)O1. The maximum Gasteiger partial charge on any atom is 0.366 e. The van der Waals surface area contributed by atoms with Crippen molar-refractivity contribution in [1.29, 1.82) is 0 Å². The van der Waals surface area contributed by atoms with Gasteiger partial charge in [0.15, 0.2) is 0 Å². The number of ether oxygens (including phenoxy) is 12. The van der Waals surface area contributed by atoms with E-state index in [0.717, 1.165) is 27.8 Å². The third-order valence-corrected chi connectivity index (χ3v) is 11.3. The van der Waals surface area contributed by atoms with Gasteiger partial charge in [-0.3, -0.25) is 4.79 Å². The Bertz CT molecular complexity index is 2260. The van der Waals surface area contributed by atoms with E-state index in [1.165, 1.54) is 14.0 Å². The van der Waals surface area contributed by atoms with Crippen molar-refractivity contribution in [3.63, 3.8) is 0 Å². The normalized spacial score (nSPS) is 18.8. The van der Waals surface area contributed by atoms with Gasteiger partial charge in [0.1, 0.15) is 47.1 Å². The Balaban J connectivity index is 1.44. The van der Waals surface area contributed by atoms with E-state index >= 15 is 0 Å². The van der Waals surface area contributed by atoms with Crippen LogP contribution in [-0.2, 0) is 75.8 Å². The average Bonchev–Trinajstić information content (AvgIpc) is 3.37. The topological polar surface area (TPSA) is 157 Å². The maximum atomic E-state index is 14.4. The number of methoxy groups -OCH3 is 6. The van der Waals surface area contributed by atoms with Crippen LogP contribution < -0.4 is 29.0 Å². The molecular formula is C52H61NO14. The zero-order chi connectivity index (χ0) is 47.6. The molecule has 0 radical (unpaired) electrons. The van der Waals surface area contributed by atoms with Crippen LogP contribution in [0.2, 0.25) is 0 Å². The van der Waals surface area contributed by atoms with Crippen LogP contribution in [0.3, 0.4) is 0 Å². The lowest BCUT2D eigenvalue weighted by Crippen LogP contribution is -2.68. The molecule has 0 bridgehead atoms. The summed E-state index contributed by atoms with van der Waals surface area (Å²) in [5.74, 6) is 0.126. The zero-order valence-electron chi connectivity index (χ0n) is 39.1. The molecule has 0 saturated carbocycles. The lowest BCUT2D eigenvalue weighted by molar-refractivity contribution is -0.324. The first-order valence-corrected chi connectivity index (χ1v) is 21.8. The third kappa shape index (κ3) is 14.2. The first-order valence-electron chi connectivity index (χ1n) is 21.8. The zero-order valence-corrected chi connectivity index (χ0v) is 39.1. The second kappa shape index (κ2) is 25.1. The number of amides is 1. The number of hydrogen-bond donors (Lipinski definition) is 1. The van der Waals surface area contributed by atoms with Gasteiger partial charge in [0.05, 0.1) is 94.4 Å². The highest BCUT2D eigenvalue weighted by Crippen LogP contribution is 2.38. The van der Waals surface area contributed by atoms with E-state index in [-0.39, 0.29) is 52.0 Å². The van der Waals surface area contributed by atoms with Crippen molar-refractivity contribution in [3.05, 3.63) is 149 Å². The summed E-state index contributed by atoms with van der Waals surface area (Å²) in [6.45, 7) is 1.79. The Morgan fingerprint density at radius 3 is 1.39 bits per heavy atom. The van der Waals surface area contributed by atoms with Gasteiger partial charge >= 0.3 is 5.97 Å². The Morgan fingerprint density at radius 2 is 0.970 bits per heavy atom. The average molecular weight is 924 g/mol. The van der Waals surface area contributed by atoms with Gasteiger partial charge in [-0.05, 0) is 88.5 Å². The molecular weight excluding hydrogens is 863 g/mol. The Morgan fingerprint density at radius 1 is 0.567 bits per heavy atom. The number of carbonyl (C=O) groups is 2. The van der Waals surface area contributed by atoms with Crippen LogP contribution in [0.25, 0.3) is 0 Å². The van der Waals surface area contributed by atoms with Crippen LogP contribution in [0.4, 0.5) is 0 Å². The van der Waals surface area contributed by atoms with Gasteiger partial charge < -0.3 is 62.2 Å². The summed E-state index contributed by atoms with van der Waals surface area (Å²) in [5.41, 5.74) is 4.06. The monoisotopic (exact) mass is 923 g/mol. The van der Waals surface area contributed by atoms with Crippen molar-refractivity contribution in [3.8, 4) is 28.7 Å². The summed E-state index contributed by atoms with van der Waals surface area (Å²) in [7, 11) is 9.24. The molecule has 5 aromatic carbocycles. The summed E-state index contributed by atoms with van der Waals surface area (Å²) in [6, 6.07) is 36.2. The minimum Gasteiger partial charge on any atom is -0.497 e. The van der Waals surface area contributed by atoms with Gasteiger partial charge in [-0.1, -0.05) is 60.7 Å². The molecule has 0 aromatic heterocycles. The van der Waals surface area contributed by atoms with E-state index in [2.05, 4.69) is 5.32 Å². The van der Waals surface area contributed by atoms with Crippen LogP contribution in [0.5, 0.6) is 28.7 Å². The largest absolute Gasteiger partial charge is 0.497 e. The third-order valence-electron chi connectivity index (χ3n) is 11.3. The molecule has 15 nitrogen and oxygen atoms in total. The Labute approximate surface area is 392 Å². The van der Waals surface area contributed by atoms with Crippen molar-refractivity contribution in [2.75, 3.05) is 49.3 Å². The molecule has 1 N–H and O–H groups in total. The number of carbonyl (C=O) groups excluding carboxylic acids is 2. The molecule has 1 aliphatic heterocycles. The van der Waals surface area contributed by atoms with E-state index in [4.69, 9.17) is 56.8 Å². The molecule has 1 heterocycles. The van der Waals surface area contributed by atoms with Crippen LogP contribution in [0, 0.1) is 0 Å². The van der Waals surface area contributed by atoms with Crippen molar-refractivity contribution in [1.82, 2.24) is 5.32 Å². The predicted octanol–water partition coefficient (Wildman–Crippen LogP) is 7.38. The molecule has 1 aliphatic rings. The van der Waals surface area contributed by atoms with E-state index in [1.807, 2.05) is 109 Å². The van der Waals surface area contributed by atoms with Gasteiger partial charge in [0.25, 0.3) is 5.79 Å². The van der Waals surface area contributed by atoms with E-state index < -0.39 is 42.2 Å². The molecule has 6 rings (SSSR count). The number of rotatable bonds is 25. The highest BCUT2D eigenvalue weighted by Gasteiger charge is 2.58. The molecule has 1 fully saturated rings. The summed E-state index contributed by atoms with van der Waals surface area (Å²) < 4.78 is 73.0. The first-order chi connectivity index (χ1) is 32.6. The van der Waals surface area contributed by atoms with Gasteiger partial charge in [-0.2, -0.15) is 0 Å². The quantitative estimate of drug-likeness (QED) is 0.0579. The highest BCUT2D eigenvalue weighted by molar-refractivity contribution is 5.78. The first kappa shape index (κ1) is 50.2. The fourth-order valence-corrected chi connectivity index (χ4v) is 7.58. The number of nitrogens with one attached hydrogen (secondary N) is 1. The highest BCUT2D eigenvalue weighted by atomic mass is 16.7. The van der Waals surface area contributed by atoms with E-state index in [1.54, 1.807) is 47.7 Å². The molecule has 1 amide bonds. The van der Waals surface area contributed by atoms with Crippen LogP contribution in [-0.4, -0.2) is 97.4 Å². The molecule has 0 unspecified atom stereocenters. The van der Waals surface area contributed by atoms with Gasteiger partial charge in [-0.15, -0.1) is 0 Å². The Hall–Kier alpha value is -6.20. The van der Waals surface area contributed by atoms with Gasteiger partial charge in [-0.25, -0.2) is 4.79 Å². The smallest absolute Gasteiger partial charge is 0.366 e. The Kier molecular flexibility index (Phi) is 18.8. The number of esters is 1. The van der Waals surface area contributed by atoms with Crippen LogP contribution >= 0.6 is 0 Å². The van der Waals surface area contributed by atoms with Gasteiger partial charge in [0.2, 0.25) is 5.91 Å². The molecule has 15 heteroatoms. The minimum atomic E-state index is -2.08. The molecule has 1 saturated heterocycles. The lowest BCUT2D eigenvalue weighted by atomic mass is 9.87. The number of benzene rings is 5. The summed E-state index contributed by atoms with van der Waals surface area (Å²) in [6.07, 6.45) is -4.28. The molecule has 0 aliphatic carbocycles. The predicted molar refractivity (Wildman–Crippen MR) is 247 cm³/mol. The van der Waals surface area contributed by atoms with Crippen molar-refractivity contribution in [2.45, 2.75) is 82.6 Å². The van der Waals surface area contributed by atoms with Crippen molar-refractivity contribution >= 4 is 11.9 Å². The second-order valence-electron chi connectivity index (χ2n) is 15.8. The van der Waals surface area contributed by atoms with E-state index in [0.29, 0.717) is 28.7 Å². The van der Waals surface area contributed by atoms with Gasteiger partial charge in [0, 0.05) is 13.3 Å². The summed E-state index contributed by atoms with van der Waals surface area (Å²) in [4.78, 5) is 27.7. The molecule has 358 valence electrons. The second-order valence-corrected chi connectivity index (χ2v) is 15.8. The molecule has 6 atom stereocenters. The van der Waals surface area contributed by atoms with Crippen LogP contribution in [0.15, 0.2) is 121 Å². The van der Waals surface area contributed by atoms with E-state index in [9.17, 15) is 9.59 Å². The minimum absolute atomic E-state index is 0.0165. The fourth-order valence-electron chi connectivity index (χ4n) is 7.58. The summed E-state index contributed by atoms with van der Waals surface area (Å²) in [5, 5.41) is 3.10. The van der Waals surface area contributed by atoms with Crippen molar-refractivity contribution in [2.24, 2.45) is 0 Å². The summed E-state index contributed by atoms with van der Waals surface area (Å²) >= 11 is 0. The molecule has 5 aromatic rings. The maximum absolute atomic E-state index is 14.4. The molecule has 67 heavy (non-hydrogen) atoms. The fraction of sp³-hybridized carbons (Fsp3) is 0.385.